The zero-order valence-electron chi connectivity index (χ0n) is 41.8. The van der Waals surface area contributed by atoms with Crippen LogP contribution in [0.25, 0.3) is 0 Å². The predicted molar refractivity (Wildman–Crippen MR) is 261 cm³/mol. The lowest BCUT2D eigenvalue weighted by atomic mass is 10.0. The number of nitrogens with one attached hydrogen (secondary N) is 9. The van der Waals surface area contributed by atoms with Gasteiger partial charge in [0.1, 0.15) is 37.2 Å². The summed E-state index contributed by atoms with van der Waals surface area (Å²) in [6.07, 6.45) is 13.1. The van der Waals surface area contributed by atoms with Crippen molar-refractivity contribution in [1.82, 2.24) is 47.9 Å². The van der Waals surface area contributed by atoms with Gasteiger partial charge in [0.15, 0.2) is 0 Å². The molecule has 24 nitrogen and oxygen atoms in total. The van der Waals surface area contributed by atoms with Crippen LogP contribution in [-0.2, 0) is 43.0 Å². The van der Waals surface area contributed by atoms with E-state index in [1.165, 1.54) is 64.8 Å². The topological polar surface area (TPSA) is 366 Å². The number of primary amides is 1. The summed E-state index contributed by atoms with van der Waals surface area (Å²) in [4.78, 5) is 92.0. The normalized spacial score (nSPS) is 16.1. The zero-order chi connectivity index (χ0) is 51.9. The first-order valence-electron chi connectivity index (χ1n) is 25.1. The maximum atomic E-state index is 13.3. The summed E-state index contributed by atoms with van der Waals surface area (Å²) in [5.41, 5.74) is 5.36. The second kappa shape index (κ2) is 40.1. The summed E-state index contributed by atoms with van der Waals surface area (Å²) in [6, 6.07) is -6.73. The van der Waals surface area contributed by atoms with E-state index in [2.05, 4.69) is 59.8 Å². The Labute approximate surface area is 413 Å². The smallest absolute Gasteiger partial charge is 0.246 e. The summed E-state index contributed by atoms with van der Waals surface area (Å²) in [5.74, 6) is -4.48. The Morgan fingerprint density at radius 2 is 1.27 bits per heavy atom. The van der Waals surface area contributed by atoms with Crippen molar-refractivity contribution in [3.05, 3.63) is 0 Å². The average Bonchev–Trinajstić information content (AvgIpc) is 3.86. The second-order valence-electron chi connectivity index (χ2n) is 17.5. The monoisotopic (exact) mass is 1000 g/mol. The van der Waals surface area contributed by atoms with Crippen LogP contribution in [0.5, 0.6) is 0 Å². The molecule has 0 bridgehead atoms. The Bertz CT molecular complexity index is 1530. The van der Waals surface area contributed by atoms with Gasteiger partial charge in [-0.05, 0) is 25.7 Å². The summed E-state index contributed by atoms with van der Waals surface area (Å²) in [5, 5.41) is 66.2. The molecule has 70 heavy (non-hydrogen) atoms. The second-order valence-corrected chi connectivity index (χ2v) is 17.5. The fourth-order valence-electron chi connectivity index (χ4n) is 7.36. The van der Waals surface area contributed by atoms with Gasteiger partial charge in [-0.1, -0.05) is 90.9 Å². The standard InChI is InChI=1S/C46H87N11O13/c1-4-6-8-9-10-11-12-13-14-15-16-18-39(61)50-21-22-69-23-24-70-30-41(63)51-27-40(62)53-36(28-58)45(67)55-34(19-20-38(47)60)43(65)56-35(25-32-26-49-31-52-32)44(66)57-37(29-59)46(68)54-33(17-7-5-2)42(64)48-3/h31-37,43-44,56-59,65-66H,4-30H2,1-3H3,(H2,47,60)(H,48,64)(H,49,52)(H,50,61)(H,51,63)(H,53,62)(H,54,68)(H,55,67)/t32-,33-,34?,35?,36-,37-,43?,44?/m0/s1. The molecule has 0 aromatic rings. The van der Waals surface area contributed by atoms with Crippen molar-refractivity contribution in [1.29, 1.82) is 0 Å². The van der Waals surface area contributed by atoms with Crippen LogP contribution in [-0.4, -0.2) is 183 Å². The average molecular weight is 1000 g/mol. The molecule has 8 atom stereocenters. The molecule has 7 amide bonds. The minimum absolute atomic E-state index is 0.0188. The number of rotatable bonds is 44. The number of unbranched alkanes of at least 4 members (excludes halogenated alkanes) is 11. The molecule has 0 aromatic carbocycles. The largest absolute Gasteiger partial charge is 0.394 e. The molecule has 0 spiro atoms. The van der Waals surface area contributed by atoms with Crippen LogP contribution in [0.3, 0.4) is 0 Å². The van der Waals surface area contributed by atoms with Crippen LogP contribution in [0.2, 0.25) is 0 Å². The molecule has 0 saturated carbocycles. The fourth-order valence-corrected chi connectivity index (χ4v) is 7.36. The van der Waals surface area contributed by atoms with Crippen molar-refractivity contribution in [2.45, 2.75) is 178 Å². The number of aliphatic imine (C=N–C) groups is 1. The SMILES string of the molecule is CCCCCCCCCCCCCC(=O)NCCOCCOCC(=O)NCC(=O)N[C@@H](CO)C(=O)NC(CCC(N)=O)C(O)NC(C[C@H]1CNC=N1)C(O)N[C@@H](CO)C(=O)N[C@@H](CCCC)C(=O)NC. The van der Waals surface area contributed by atoms with E-state index in [1.807, 2.05) is 6.92 Å². The van der Waals surface area contributed by atoms with Gasteiger partial charge in [-0.25, -0.2) is 0 Å². The first kappa shape index (κ1) is 63.5. The Morgan fingerprint density at radius 1 is 0.657 bits per heavy atom. The van der Waals surface area contributed by atoms with Crippen molar-refractivity contribution in [3.8, 4) is 0 Å². The van der Waals surface area contributed by atoms with Crippen molar-refractivity contribution in [3.63, 3.8) is 0 Å². The number of nitrogens with two attached hydrogens (primary N) is 1. The molecule has 15 N–H and O–H groups in total. The Kier molecular flexibility index (Phi) is 36.3. The van der Waals surface area contributed by atoms with E-state index >= 15 is 0 Å². The van der Waals surface area contributed by atoms with Crippen LogP contribution in [0.15, 0.2) is 4.99 Å². The highest BCUT2D eigenvalue weighted by atomic mass is 16.5. The van der Waals surface area contributed by atoms with Crippen LogP contribution in [0.1, 0.15) is 129 Å². The third-order valence-electron chi connectivity index (χ3n) is 11.5. The molecule has 1 heterocycles. The molecule has 0 saturated heterocycles. The first-order chi connectivity index (χ1) is 33.7. The lowest BCUT2D eigenvalue weighted by Gasteiger charge is -2.34. The van der Waals surface area contributed by atoms with Crippen LogP contribution >= 0.6 is 0 Å². The number of aliphatic hydroxyl groups is 4. The summed E-state index contributed by atoms with van der Waals surface area (Å²) in [6.45, 7) is 2.69. The van der Waals surface area contributed by atoms with Crippen LogP contribution in [0.4, 0.5) is 0 Å². The highest BCUT2D eigenvalue weighted by Gasteiger charge is 2.34. The third-order valence-corrected chi connectivity index (χ3v) is 11.5. The minimum atomic E-state index is -1.72. The molecule has 24 heteroatoms. The van der Waals surface area contributed by atoms with Gasteiger partial charge in [0.05, 0.1) is 64.0 Å². The maximum Gasteiger partial charge on any atom is 0.246 e. The molecule has 0 radical (unpaired) electrons. The third kappa shape index (κ3) is 30.2. The Balaban J connectivity index is 2.60. The lowest BCUT2D eigenvalue weighted by molar-refractivity contribution is -0.132. The summed E-state index contributed by atoms with van der Waals surface area (Å²) < 4.78 is 10.7. The van der Waals surface area contributed by atoms with E-state index in [0.717, 1.165) is 25.7 Å². The molecule has 0 aromatic heterocycles. The van der Waals surface area contributed by atoms with Crippen LogP contribution in [0, 0.1) is 0 Å². The van der Waals surface area contributed by atoms with Gasteiger partial charge in [0.25, 0.3) is 0 Å². The first-order valence-corrected chi connectivity index (χ1v) is 25.1. The van der Waals surface area contributed by atoms with Crippen molar-refractivity contribution >= 4 is 47.7 Å². The number of aliphatic hydroxyl groups excluding tert-OH is 4. The number of carbonyl (C=O) groups excluding carboxylic acids is 7. The van der Waals surface area contributed by atoms with Gasteiger partial charge >= 0.3 is 0 Å². The van der Waals surface area contributed by atoms with Gasteiger partial charge in [-0.3, -0.25) is 49.2 Å². The van der Waals surface area contributed by atoms with Crippen molar-refractivity contribution < 1.29 is 63.5 Å². The van der Waals surface area contributed by atoms with Crippen LogP contribution < -0.4 is 53.6 Å². The molecule has 1 aliphatic heterocycles. The molecule has 1 rings (SSSR count). The van der Waals surface area contributed by atoms with Gasteiger partial charge in [-0.15, -0.1) is 0 Å². The molecule has 0 aliphatic carbocycles. The summed E-state index contributed by atoms with van der Waals surface area (Å²) in [7, 11) is 1.42. The number of hydrogen-bond acceptors (Lipinski definition) is 17. The number of carbonyl (C=O) groups is 7. The lowest BCUT2D eigenvalue weighted by Crippen LogP contribution is -2.63. The molecular formula is C46H87N11O13. The van der Waals surface area contributed by atoms with Gasteiger partial charge in [0, 0.05) is 33.0 Å². The number of ether oxygens (including phenoxy) is 2. The highest BCUT2D eigenvalue weighted by molar-refractivity contribution is 5.91. The number of amides is 7. The fraction of sp³-hybridized carbons (Fsp3) is 0.826. The minimum Gasteiger partial charge on any atom is -0.394 e. The van der Waals surface area contributed by atoms with E-state index in [9.17, 15) is 54.0 Å². The van der Waals surface area contributed by atoms with E-state index in [1.54, 1.807) is 0 Å². The quantitative estimate of drug-likeness (QED) is 0.0222. The number of nitrogens with zero attached hydrogens (tertiary/aromatic N) is 1. The maximum absolute atomic E-state index is 13.3. The zero-order valence-corrected chi connectivity index (χ0v) is 41.8. The van der Waals surface area contributed by atoms with Crippen molar-refractivity contribution in [2.24, 2.45) is 10.7 Å². The molecule has 404 valence electrons. The van der Waals surface area contributed by atoms with Crippen molar-refractivity contribution in [2.75, 3.05) is 66.3 Å². The highest BCUT2D eigenvalue weighted by Crippen LogP contribution is 2.14. The molecular weight excluding hydrogens is 915 g/mol. The molecule has 0 fully saturated rings. The van der Waals surface area contributed by atoms with Gasteiger partial charge < -0.3 is 72.9 Å². The predicted octanol–water partition coefficient (Wildman–Crippen LogP) is -2.46. The number of hydrogen-bond donors (Lipinski definition) is 14. The molecule has 4 unspecified atom stereocenters. The van der Waals surface area contributed by atoms with E-state index < -0.39 is 111 Å². The van der Waals surface area contributed by atoms with E-state index in [-0.39, 0.29) is 45.0 Å². The Morgan fingerprint density at radius 3 is 1.87 bits per heavy atom. The van der Waals surface area contributed by atoms with E-state index in [4.69, 9.17) is 15.2 Å². The Hall–Kier alpha value is -4.56. The van der Waals surface area contributed by atoms with Gasteiger partial charge in [0.2, 0.25) is 41.4 Å². The summed E-state index contributed by atoms with van der Waals surface area (Å²) >= 11 is 0. The number of likely N-dealkylation sites (N-methyl/N-ethyl adjacent to an activating group) is 1. The molecule has 1 aliphatic rings. The van der Waals surface area contributed by atoms with Gasteiger partial charge in [-0.2, -0.15) is 0 Å². The van der Waals surface area contributed by atoms with E-state index in [0.29, 0.717) is 32.4 Å².